The zero-order chi connectivity index (χ0) is 29.2. The minimum atomic E-state index is -3.85. The predicted octanol–water partition coefficient (Wildman–Crippen LogP) is 3.39. The van der Waals surface area contributed by atoms with E-state index in [-0.39, 0.29) is 51.4 Å². The lowest BCUT2D eigenvalue weighted by Crippen LogP contribution is -2.41. The molecule has 3 N–H and O–H groups in total. The molecule has 6 rings (SSSR count). The van der Waals surface area contributed by atoms with Crippen LogP contribution in [0.2, 0.25) is 0 Å². The summed E-state index contributed by atoms with van der Waals surface area (Å²) < 4.78 is 49.3. The van der Waals surface area contributed by atoms with E-state index in [1.807, 2.05) is 22.6 Å². The van der Waals surface area contributed by atoms with E-state index in [9.17, 15) is 27.2 Å². The number of aromatic nitrogens is 3. The van der Waals surface area contributed by atoms with Gasteiger partial charge in [-0.15, -0.1) is 0 Å². The van der Waals surface area contributed by atoms with Crippen molar-refractivity contribution in [1.82, 2.24) is 18.4 Å². The molecule has 0 atom stereocenters. The standard InChI is InChI=1S/C27H26FIN6O5S/c1-14-23-22(24(33(2)25(14)36)30-21-11-6-15(29)12-20(21)28)26(37)35(18-9-10-18)27(38)34(23)19-5-3-4-17(13-19)32-41(39,40)31-16-7-8-16/h3-6,11-13,16,18,30-32H,7-10H2,1-2H3. The minimum absolute atomic E-state index is 0.0364. The number of anilines is 3. The SMILES string of the molecule is Cc1c(=O)n(C)c(Nc2ccc(I)cc2F)c2c(=O)n(C3CC3)c(=O)n(-c3cccc(NS(=O)(=O)NC4CC4)c3)c12. The summed E-state index contributed by atoms with van der Waals surface area (Å²) in [6, 6.07) is 10.3. The van der Waals surface area contributed by atoms with Crippen molar-refractivity contribution in [2.75, 3.05) is 10.0 Å². The molecule has 2 aliphatic rings. The van der Waals surface area contributed by atoms with Crippen LogP contribution in [0.25, 0.3) is 16.6 Å². The molecule has 0 aliphatic heterocycles. The number of benzene rings is 2. The molecule has 0 saturated heterocycles. The van der Waals surface area contributed by atoms with Gasteiger partial charge in [0.05, 0.1) is 22.6 Å². The van der Waals surface area contributed by atoms with Crippen LogP contribution >= 0.6 is 22.6 Å². The zero-order valence-electron chi connectivity index (χ0n) is 22.1. The molecule has 0 radical (unpaired) electrons. The first-order chi connectivity index (χ1) is 19.4. The van der Waals surface area contributed by atoms with Crippen LogP contribution in [-0.4, -0.2) is 28.2 Å². The third kappa shape index (κ3) is 5.19. The van der Waals surface area contributed by atoms with Gasteiger partial charge in [0.2, 0.25) is 0 Å². The monoisotopic (exact) mass is 692 g/mol. The van der Waals surface area contributed by atoms with E-state index in [2.05, 4.69) is 14.8 Å². The van der Waals surface area contributed by atoms with E-state index in [4.69, 9.17) is 0 Å². The molecule has 2 aliphatic carbocycles. The largest absolute Gasteiger partial charge is 0.338 e. The van der Waals surface area contributed by atoms with Gasteiger partial charge in [-0.05, 0) is 91.6 Å². The lowest BCUT2D eigenvalue weighted by Gasteiger charge is -2.21. The van der Waals surface area contributed by atoms with Crippen LogP contribution in [0.5, 0.6) is 0 Å². The van der Waals surface area contributed by atoms with Gasteiger partial charge in [0.15, 0.2) is 0 Å². The van der Waals surface area contributed by atoms with Crippen molar-refractivity contribution in [3.05, 3.63) is 88.6 Å². The Morgan fingerprint density at radius 2 is 1.73 bits per heavy atom. The summed E-state index contributed by atoms with van der Waals surface area (Å²) in [5.41, 5.74) is -1.04. The van der Waals surface area contributed by atoms with Gasteiger partial charge in [-0.2, -0.15) is 13.1 Å². The molecule has 2 saturated carbocycles. The van der Waals surface area contributed by atoms with E-state index in [0.717, 1.165) is 17.4 Å². The number of hydrogen-bond acceptors (Lipinski definition) is 6. The van der Waals surface area contributed by atoms with Crippen molar-refractivity contribution in [3.8, 4) is 5.69 Å². The van der Waals surface area contributed by atoms with Crippen LogP contribution < -0.4 is 31.6 Å². The molecule has 2 fully saturated rings. The average molecular weight is 693 g/mol. The van der Waals surface area contributed by atoms with Crippen LogP contribution in [0, 0.1) is 16.3 Å². The molecular formula is C27H26FIN6O5S. The molecule has 14 heteroatoms. The fourth-order valence-corrected chi connectivity index (χ4v) is 6.51. The summed E-state index contributed by atoms with van der Waals surface area (Å²) in [4.78, 5) is 41.3. The Hall–Kier alpha value is -3.50. The van der Waals surface area contributed by atoms with E-state index in [1.54, 1.807) is 18.2 Å². The lowest BCUT2D eigenvalue weighted by atomic mass is 10.1. The predicted molar refractivity (Wildman–Crippen MR) is 163 cm³/mol. The normalized spacial score (nSPS) is 15.3. The summed E-state index contributed by atoms with van der Waals surface area (Å²) in [6.07, 6.45) is 2.79. The zero-order valence-corrected chi connectivity index (χ0v) is 25.0. The van der Waals surface area contributed by atoms with Crippen molar-refractivity contribution < 1.29 is 12.8 Å². The van der Waals surface area contributed by atoms with E-state index in [0.29, 0.717) is 16.4 Å². The summed E-state index contributed by atoms with van der Waals surface area (Å²) in [5.74, 6) is -0.539. The van der Waals surface area contributed by atoms with Gasteiger partial charge in [0.25, 0.3) is 21.3 Å². The molecular weight excluding hydrogens is 666 g/mol. The Morgan fingerprint density at radius 1 is 1.00 bits per heavy atom. The molecule has 11 nitrogen and oxygen atoms in total. The lowest BCUT2D eigenvalue weighted by molar-refractivity contribution is 0.586. The number of halogens is 2. The summed E-state index contributed by atoms with van der Waals surface area (Å²) in [6.45, 7) is 1.52. The topological polar surface area (TPSA) is 136 Å². The van der Waals surface area contributed by atoms with E-state index >= 15 is 0 Å². The molecule has 2 aromatic carbocycles. The molecule has 0 unspecified atom stereocenters. The molecule has 2 aromatic heterocycles. The fraction of sp³-hybridized carbons (Fsp3) is 0.296. The van der Waals surface area contributed by atoms with Gasteiger partial charge >= 0.3 is 5.69 Å². The average Bonchev–Trinajstić information content (AvgIpc) is 3.83. The first kappa shape index (κ1) is 27.7. The number of pyridine rings is 1. The van der Waals surface area contributed by atoms with Crippen LogP contribution in [0.4, 0.5) is 21.6 Å². The van der Waals surface area contributed by atoms with Crippen molar-refractivity contribution in [2.45, 2.75) is 44.7 Å². The quantitative estimate of drug-likeness (QED) is 0.243. The molecule has 214 valence electrons. The second kappa shape index (κ2) is 10.1. The van der Waals surface area contributed by atoms with Gasteiger partial charge in [-0.3, -0.25) is 28.0 Å². The molecule has 0 amide bonds. The van der Waals surface area contributed by atoms with Gasteiger partial charge in [0.1, 0.15) is 17.0 Å². The minimum Gasteiger partial charge on any atom is -0.338 e. The number of hydrogen-bond donors (Lipinski definition) is 3. The fourth-order valence-electron chi connectivity index (χ4n) is 4.89. The van der Waals surface area contributed by atoms with Gasteiger partial charge in [-0.25, -0.2) is 9.18 Å². The summed E-state index contributed by atoms with van der Waals surface area (Å²) in [7, 11) is -2.38. The number of nitrogens with zero attached hydrogens (tertiary/aromatic N) is 3. The van der Waals surface area contributed by atoms with Crippen LogP contribution in [0.1, 0.15) is 37.3 Å². The van der Waals surface area contributed by atoms with Crippen LogP contribution in [0.3, 0.4) is 0 Å². The Kier molecular flexibility index (Phi) is 6.81. The first-order valence-electron chi connectivity index (χ1n) is 13.0. The Balaban J connectivity index is 1.62. The number of nitrogens with one attached hydrogen (secondary N) is 3. The third-order valence-corrected chi connectivity index (χ3v) is 9.01. The van der Waals surface area contributed by atoms with Crippen molar-refractivity contribution in [1.29, 1.82) is 0 Å². The second-order valence-electron chi connectivity index (χ2n) is 10.4. The van der Waals surface area contributed by atoms with Crippen molar-refractivity contribution >= 4 is 60.9 Å². The van der Waals surface area contributed by atoms with E-state index < -0.39 is 32.8 Å². The maximum Gasteiger partial charge on any atom is 0.336 e. The van der Waals surface area contributed by atoms with Gasteiger partial charge in [-0.1, -0.05) is 6.07 Å². The highest BCUT2D eigenvalue weighted by molar-refractivity contribution is 14.1. The summed E-state index contributed by atoms with van der Waals surface area (Å²) in [5, 5.41) is 2.96. The Labute approximate surface area is 247 Å². The first-order valence-corrected chi connectivity index (χ1v) is 15.5. The van der Waals surface area contributed by atoms with Crippen LogP contribution in [0.15, 0.2) is 56.8 Å². The maximum absolute atomic E-state index is 14.9. The van der Waals surface area contributed by atoms with E-state index in [1.165, 1.54) is 47.4 Å². The second-order valence-corrected chi connectivity index (χ2v) is 13.1. The smallest absolute Gasteiger partial charge is 0.336 e. The Bertz CT molecular complexity index is 2030. The molecule has 41 heavy (non-hydrogen) atoms. The molecule has 0 spiro atoms. The molecule has 4 aromatic rings. The number of fused-ring (bicyclic) bond motifs is 1. The highest BCUT2D eigenvalue weighted by Gasteiger charge is 2.32. The highest BCUT2D eigenvalue weighted by Crippen LogP contribution is 2.34. The van der Waals surface area contributed by atoms with Gasteiger partial charge in [0, 0.05) is 28.3 Å². The number of aryl methyl sites for hydroxylation is 1. The van der Waals surface area contributed by atoms with Gasteiger partial charge < -0.3 is 5.32 Å². The Morgan fingerprint density at radius 3 is 2.39 bits per heavy atom. The maximum atomic E-state index is 14.9. The van der Waals surface area contributed by atoms with Crippen molar-refractivity contribution in [2.24, 2.45) is 7.05 Å². The van der Waals surface area contributed by atoms with Crippen molar-refractivity contribution in [3.63, 3.8) is 0 Å². The molecule has 2 heterocycles. The highest BCUT2D eigenvalue weighted by atomic mass is 127. The number of rotatable bonds is 8. The third-order valence-electron chi connectivity index (χ3n) is 7.20. The summed E-state index contributed by atoms with van der Waals surface area (Å²) >= 11 is 1.98. The van der Waals surface area contributed by atoms with Crippen LogP contribution in [-0.2, 0) is 17.3 Å². The molecule has 0 bridgehead atoms.